The minimum absolute atomic E-state index is 0.0404. The van der Waals surface area contributed by atoms with Crippen molar-refractivity contribution < 1.29 is 14.3 Å². The molecule has 0 aliphatic carbocycles. The van der Waals surface area contributed by atoms with Crippen molar-refractivity contribution >= 4 is 33.9 Å². The molecule has 0 spiro atoms. The van der Waals surface area contributed by atoms with Gasteiger partial charge in [0.25, 0.3) is 5.56 Å². The summed E-state index contributed by atoms with van der Waals surface area (Å²) in [7, 11) is 1.50. The van der Waals surface area contributed by atoms with Gasteiger partial charge in [-0.15, -0.1) is 21.5 Å². The first-order valence-electron chi connectivity index (χ1n) is 10.6. The van der Waals surface area contributed by atoms with E-state index in [1.165, 1.54) is 18.4 Å². The van der Waals surface area contributed by atoms with E-state index < -0.39 is 0 Å². The molecule has 1 N–H and O–H groups in total. The lowest BCUT2D eigenvalue weighted by molar-refractivity contribution is -0.132. The van der Waals surface area contributed by atoms with Gasteiger partial charge in [0.2, 0.25) is 11.8 Å². The Morgan fingerprint density at radius 2 is 2.03 bits per heavy atom. The Balaban J connectivity index is 1.26. The second-order valence-electron chi connectivity index (χ2n) is 7.90. The van der Waals surface area contributed by atoms with Crippen molar-refractivity contribution in [3.8, 4) is 5.88 Å². The van der Waals surface area contributed by atoms with Crippen molar-refractivity contribution in [2.75, 3.05) is 20.2 Å². The van der Waals surface area contributed by atoms with E-state index in [2.05, 4.69) is 20.2 Å². The summed E-state index contributed by atoms with van der Waals surface area (Å²) >= 11 is 1.51. The summed E-state index contributed by atoms with van der Waals surface area (Å²) < 4.78 is 4.97. The maximum Gasteiger partial charge on any atom is 0.259 e. The monoisotopic (exact) mass is 455 g/mol. The number of nitrogens with zero attached hydrogens (tertiary/aromatic N) is 4. The number of hydrogen-bond donors (Lipinski definition) is 1. The van der Waals surface area contributed by atoms with Gasteiger partial charge in [-0.05, 0) is 32.3 Å². The zero-order chi connectivity index (χ0) is 22.7. The fourth-order valence-electron chi connectivity index (χ4n) is 3.95. The molecule has 1 amide bonds. The van der Waals surface area contributed by atoms with Crippen molar-refractivity contribution in [3.05, 3.63) is 44.3 Å². The smallest absolute Gasteiger partial charge is 0.259 e. The molecule has 9 nitrogen and oxygen atoms in total. The summed E-state index contributed by atoms with van der Waals surface area (Å²) in [5, 5.41) is 10.2. The first-order valence-corrected chi connectivity index (χ1v) is 11.5. The Bertz CT molecular complexity index is 1180. The quantitative estimate of drug-likeness (QED) is 0.544. The number of H-pyrrole nitrogens is 1. The second kappa shape index (κ2) is 9.56. The molecule has 1 saturated heterocycles. The van der Waals surface area contributed by atoms with Crippen molar-refractivity contribution in [2.45, 2.75) is 39.0 Å². The first kappa shape index (κ1) is 22.1. The van der Waals surface area contributed by atoms with E-state index in [-0.39, 0.29) is 23.2 Å². The Hall–Kier alpha value is -3.14. The fraction of sp³-hybridized carbons (Fsp3) is 0.455. The molecule has 1 aliphatic rings. The zero-order valence-corrected chi connectivity index (χ0v) is 18.9. The fourth-order valence-corrected chi connectivity index (χ4v) is 4.73. The molecule has 32 heavy (non-hydrogen) atoms. The van der Waals surface area contributed by atoms with Crippen LogP contribution >= 0.6 is 11.3 Å². The van der Waals surface area contributed by atoms with Crippen LogP contribution in [0.4, 0.5) is 0 Å². The van der Waals surface area contributed by atoms with E-state index in [0.717, 1.165) is 10.4 Å². The number of aromatic nitrogens is 4. The van der Waals surface area contributed by atoms with Crippen LogP contribution in [0.1, 0.15) is 46.9 Å². The average Bonchev–Trinajstić information content (AvgIpc) is 3.20. The van der Waals surface area contributed by atoms with Crippen LogP contribution in [0.5, 0.6) is 5.88 Å². The number of aryl methyl sites for hydroxylation is 2. The van der Waals surface area contributed by atoms with E-state index in [0.29, 0.717) is 68.0 Å². The maximum absolute atomic E-state index is 12.6. The summed E-state index contributed by atoms with van der Waals surface area (Å²) in [6.45, 7) is 3.05. The molecule has 4 rings (SSSR count). The lowest BCUT2D eigenvalue weighted by Crippen LogP contribution is -2.40. The van der Waals surface area contributed by atoms with E-state index >= 15 is 0 Å². The highest BCUT2D eigenvalue weighted by atomic mass is 32.1. The predicted molar refractivity (Wildman–Crippen MR) is 120 cm³/mol. The van der Waals surface area contributed by atoms with Crippen molar-refractivity contribution in [1.29, 1.82) is 0 Å². The van der Waals surface area contributed by atoms with Gasteiger partial charge in [-0.3, -0.25) is 14.4 Å². The number of Topliss-reactive ketones (excluding diaryl/α,β-unsaturated/α-hetero) is 1. The Labute approximate surface area is 188 Å². The largest absolute Gasteiger partial charge is 0.480 e. The number of amides is 1. The molecule has 0 atom stereocenters. The Morgan fingerprint density at radius 1 is 1.25 bits per heavy atom. The van der Waals surface area contributed by atoms with Crippen LogP contribution in [-0.4, -0.2) is 57.0 Å². The SMILES string of the molecule is COc1ccc(C(=O)C2CCN(C(=O)CCCc3nc4c(C)scc4c(=O)[nH]3)CC2)nn1. The molecule has 4 heterocycles. The summed E-state index contributed by atoms with van der Waals surface area (Å²) in [5.74, 6) is 0.849. The summed E-state index contributed by atoms with van der Waals surface area (Å²) in [4.78, 5) is 47.6. The van der Waals surface area contributed by atoms with Crippen LogP contribution in [0.2, 0.25) is 0 Å². The first-order chi connectivity index (χ1) is 15.5. The number of ketones is 1. The number of aromatic amines is 1. The highest BCUT2D eigenvalue weighted by Crippen LogP contribution is 2.23. The minimum atomic E-state index is -0.156. The van der Waals surface area contributed by atoms with Crippen molar-refractivity contribution in [1.82, 2.24) is 25.1 Å². The Morgan fingerprint density at radius 3 is 2.72 bits per heavy atom. The normalized spacial score (nSPS) is 14.6. The van der Waals surface area contributed by atoms with Crippen LogP contribution in [0.25, 0.3) is 10.9 Å². The topological polar surface area (TPSA) is 118 Å². The number of likely N-dealkylation sites (tertiary alicyclic amines) is 1. The third-order valence-electron chi connectivity index (χ3n) is 5.82. The van der Waals surface area contributed by atoms with Gasteiger partial charge in [-0.1, -0.05) is 0 Å². The van der Waals surface area contributed by atoms with Gasteiger partial charge in [0, 0.05) is 48.2 Å². The molecule has 10 heteroatoms. The van der Waals surface area contributed by atoms with E-state index in [4.69, 9.17) is 4.74 Å². The van der Waals surface area contributed by atoms with Crippen molar-refractivity contribution in [2.24, 2.45) is 5.92 Å². The molecule has 3 aromatic rings. The third kappa shape index (κ3) is 4.69. The number of methoxy groups -OCH3 is 1. The van der Waals surface area contributed by atoms with E-state index in [1.54, 1.807) is 12.1 Å². The number of ether oxygens (including phenoxy) is 1. The number of hydrogen-bond acceptors (Lipinski definition) is 8. The lowest BCUT2D eigenvalue weighted by atomic mass is 9.90. The van der Waals surface area contributed by atoms with Crippen LogP contribution < -0.4 is 10.3 Å². The van der Waals surface area contributed by atoms with E-state index in [9.17, 15) is 14.4 Å². The Kier molecular flexibility index (Phi) is 6.59. The molecule has 0 saturated carbocycles. The predicted octanol–water partition coefficient (Wildman–Crippen LogP) is 2.54. The number of nitrogens with one attached hydrogen (secondary N) is 1. The highest BCUT2D eigenvalue weighted by molar-refractivity contribution is 7.11. The lowest BCUT2D eigenvalue weighted by Gasteiger charge is -2.31. The second-order valence-corrected chi connectivity index (χ2v) is 8.98. The van der Waals surface area contributed by atoms with Gasteiger partial charge in [0.1, 0.15) is 11.5 Å². The molecule has 0 aromatic carbocycles. The van der Waals surface area contributed by atoms with E-state index in [1.807, 2.05) is 17.2 Å². The number of carbonyl (C=O) groups excluding carboxylic acids is 2. The molecule has 3 aromatic heterocycles. The molecule has 0 radical (unpaired) electrons. The van der Waals surface area contributed by atoms with Crippen LogP contribution in [0.15, 0.2) is 22.3 Å². The molecule has 168 valence electrons. The van der Waals surface area contributed by atoms with Gasteiger partial charge in [0.05, 0.1) is 18.0 Å². The van der Waals surface area contributed by atoms with Gasteiger partial charge in [-0.2, -0.15) is 0 Å². The standard InChI is InChI=1S/C22H25N5O4S/c1-13-20-15(12-32-13)22(30)24-17(23-20)4-3-5-19(28)27-10-8-14(9-11-27)21(29)16-6-7-18(31-2)26-25-16/h6-7,12,14H,3-5,8-11H2,1-2H3,(H,23,24,30). The number of fused-ring (bicyclic) bond motifs is 1. The van der Waals surface area contributed by atoms with Crippen LogP contribution in [-0.2, 0) is 11.2 Å². The summed E-state index contributed by atoms with van der Waals surface area (Å²) in [6, 6.07) is 3.25. The number of rotatable bonds is 7. The zero-order valence-electron chi connectivity index (χ0n) is 18.1. The van der Waals surface area contributed by atoms with Crippen molar-refractivity contribution in [3.63, 3.8) is 0 Å². The number of carbonyl (C=O) groups is 2. The summed E-state index contributed by atoms with van der Waals surface area (Å²) in [5.41, 5.74) is 0.942. The van der Waals surface area contributed by atoms with Gasteiger partial charge in [-0.25, -0.2) is 4.98 Å². The molecule has 1 aliphatic heterocycles. The molecule has 0 unspecified atom stereocenters. The van der Waals surface area contributed by atoms with Crippen LogP contribution in [0, 0.1) is 12.8 Å². The van der Waals surface area contributed by atoms with Gasteiger partial charge in [0.15, 0.2) is 5.78 Å². The number of thiophene rings is 1. The molecular formula is C22H25N5O4S. The molecular weight excluding hydrogens is 430 g/mol. The summed E-state index contributed by atoms with van der Waals surface area (Å²) in [6.07, 6.45) is 2.75. The van der Waals surface area contributed by atoms with Gasteiger partial charge < -0.3 is 14.6 Å². The highest BCUT2D eigenvalue weighted by Gasteiger charge is 2.28. The molecule has 1 fully saturated rings. The molecule has 0 bridgehead atoms. The average molecular weight is 456 g/mol. The van der Waals surface area contributed by atoms with Gasteiger partial charge >= 0.3 is 0 Å². The third-order valence-corrected chi connectivity index (χ3v) is 6.72. The minimum Gasteiger partial charge on any atom is -0.480 e. The number of piperidine rings is 1. The van der Waals surface area contributed by atoms with Crippen LogP contribution in [0.3, 0.4) is 0 Å². The maximum atomic E-state index is 12.6.